The molecular formula is C13H18S. The van der Waals surface area contributed by atoms with Gasteiger partial charge in [-0.05, 0) is 22.8 Å². The normalized spacial score (nSPS) is 21.9. The zero-order valence-electron chi connectivity index (χ0n) is 8.58. The molecule has 0 aromatic heterocycles. The van der Waals surface area contributed by atoms with Crippen LogP contribution in [0.5, 0.6) is 0 Å². The SMILES string of the molecule is SC(CC1CCCCC1)=C1C=CC=C1. The molecule has 1 saturated carbocycles. The van der Waals surface area contributed by atoms with Gasteiger partial charge in [-0.15, -0.1) is 12.6 Å². The lowest BCUT2D eigenvalue weighted by atomic mass is 9.86. The Kier molecular flexibility index (Phi) is 3.52. The van der Waals surface area contributed by atoms with Crippen molar-refractivity contribution in [2.45, 2.75) is 38.5 Å². The maximum absolute atomic E-state index is 4.61. The minimum atomic E-state index is 0.895. The van der Waals surface area contributed by atoms with Crippen molar-refractivity contribution in [1.82, 2.24) is 0 Å². The quantitative estimate of drug-likeness (QED) is 0.641. The van der Waals surface area contributed by atoms with Crippen LogP contribution >= 0.6 is 12.6 Å². The molecule has 0 spiro atoms. The third-order valence-corrected chi connectivity index (χ3v) is 3.64. The minimum absolute atomic E-state index is 0.895. The average Bonchev–Trinajstić information content (AvgIpc) is 2.72. The number of thiol groups is 1. The molecule has 0 aliphatic heterocycles. The second-order valence-electron chi connectivity index (χ2n) is 4.33. The summed E-state index contributed by atoms with van der Waals surface area (Å²) in [4.78, 5) is 1.28. The molecule has 0 atom stereocenters. The molecule has 0 unspecified atom stereocenters. The van der Waals surface area contributed by atoms with Crippen molar-refractivity contribution in [3.63, 3.8) is 0 Å². The molecule has 0 radical (unpaired) electrons. The van der Waals surface area contributed by atoms with Crippen molar-refractivity contribution < 1.29 is 0 Å². The predicted octanol–water partition coefficient (Wildman–Crippen LogP) is 4.27. The lowest BCUT2D eigenvalue weighted by Gasteiger charge is -2.21. The molecule has 76 valence electrons. The Labute approximate surface area is 92.2 Å². The summed E-state index contributed by atoms with van der Waals surface area (Å²) >= 11 is 4.61. The summed E-state index contributed by atoms with van der Waals surface area (Å²) in [5, 5.41) is 0. The van der Waals surface area contributed by atoms with E-state index in [1.807, 2.05) is 0 Å². The standard InChI is InChI=1S/C13H18S/c14-13(12-8-4-5-9-12)10-11-6-2-1-3-7-11/h4-5,8-9,11,14H,1-3,6-7,10H2. The van der Waals surface area contributed by atoms with Gasteiger partial charge < -0.3 is 0 Å². The first-order valence-electron chi connectivity index (χ1n) is 5.63. The van der Waals surface area contributed by atoms with Gasteiger partial charge in [0.05, 0.1) is 0 Å². The molecule has 1 fully saturated rings. The van der Waals surface area contributed by atoms with Crippen LogP contribution in [0.25, 0.3) is 0 Å². The molecule has 1 heteroatoms. The molecular weight excluding hydrogens is 188 g/mol. The van der Waals surface area contributed by atoms with Crippen LogP contribution < -0.4 is 0 Å². The maximum atomic E-state index is 4.61. The van der Waals surface area contributed by atoms with Gasteiger partial charge in [-0.3, -0.25) is 0 Å². The van der Waals surface area contributed by atoms with Gasteiger partial charge in [0, 0.05) is 0 Å². The van der Waals surface area contributed by atoms with Crippen LogP contribution in [0.3, 0.4) is 0 Å². The monoisotopic (exact) mass is 206 g/mol. The van der Waals surface area contributed by atoms with Crippen molar-refractivity contribution in [3.8, 4) is 0 Å². The zero-order chi connectivity index (χ0) is 9.80. The molecule has 2 rings (SSSR count). The van der Waals surface area contributed by atoms with Gasteiger partial charge in [0.25, 0.3) is 0 Å². The van der Waals surface area contributed by atoms with E-state index in [2.05, 4.69) is 36.9 Å². The summed E-state index contributed by atoms with van der Waals surface area (Å²) in [6, 6.07) is 0. The summed E-state index contributed by atoms with van der Waals surface area (Å²) in [5.74, 6) is 0.895. The topological polar surface area (TPSA) is 0 Å². The molecule has 2 aliphatic carbocycles. The Hall–Kier alpha value is -0.430. The number of hydrogen-bond donors (Lipinski definition) is 1. The molecule has 0 bridgehead atoms. The summed E-state index contributed by atoms with van der Waals surface area (Å²) in [7, 11) is 0. The van der Waals surface area contributed by atoms with Crippen molar-refractivity contribution in [2.75, 3.05) is 0 Å². The lowest BCUT2D eigenvalue weighted by Crippen LogP contribution is -2.06. The van der Waals surface area contributed by atoms with Crippen molar-refractivity contribution >= 4 is 12.6 Å². The second kappa shape index (κ2) is 4.88. The van der Waals surface area contributed by atoms with Gasteiger partial charge in [-0.25, -0.2) is 0 Å². The first-order valence-corrected chi connectivity index (χ1v) is 6.08. The third kappa shape index (κ3) is 2.54. The molecule has 14 heavy (non-hydrogen) atoms. The van der Waals surface area contributed by atoms with E-state index < -0.39 is 0 Å². The van der Waals surface area contributed by atoms with E-state index in [0.717, 1.165) is 5.92 Å². The summed E-state index contributed by atoms with van der Waals surface area (Å²) < 4.78 is 0. The van der Waals surface area contributed by atoms with Gasteiger partial charge in [0.1, 0.15) is 0 Å². The van der Waals surface area contributed by atoms with Gasteiger partial charge in [-0.1, -0.05) is 56.4 Å². The zero-order valence-corrected chi connectivity index (χ0v) is 9.47. The fraction of sp³-hybridized carbons (Fsp3) is 0.538. The molecule has 0 amide bonds. The average molecular weight is 206 g/mol. The molecule has 2 aliphatic rings. The Morgan fingerprint density at radius 1 is 1.14 bits per heavy atom. The fourth-order valence-corrected chi connectivity index (χ4v) is 2.76. The predicted molar refractivity (Wildman–Crippen MR) is 65.5 cm³/mol. The first kappa shape index (κ1) is 10.1. The smallest absolute Gasteiger partial charge is 0.0109 e. The molecule has 0 heterocycles. The molecule has 0 aromatic rings. The van der Waals surface area contributed by atoms with E-state index in [9.17, 15) is 0 Å². The van der Waals surface area contributed by atoms with E-state index in [0.29, 0.717) is 0 Å². The van der Waals surface area contributed by atoms with Crippen LogP contribution in [0, 0.1) is 5.92 Å². The van der Waals surface area contributed by atoms with Crippen molar-refractivity contribution in [3.05, 3.63) is 34.8 Å². The summed E-state index contributed by atoms with van der Waals surface area (Å²) in [6.07, 6.45) is 16.8. The molecule has 0 saturated heterocycles. The summed E-state index contributed by atoms with van der Waals surface area (Å²) in [5.41, 5.74) is 1.32. The Balaban J connectivity index is 1.93. The largest absolute Gasteiger partial charge is 0.147 e. The lowest BCUT2D eigenvalue weighted by molar-refractivity contribution is 0.360. The van der Waals surface area contributed by atoms with E-state index in [4.69, 9.17) is 0 Å². The van der Waals surface area contributed by atoms with Crippen LogP contribution in [0.15, 0.2) is 34.8 Å². The Morgan fingerprint density at radius 3 is 2.43 bits per heavy atom. The van der Waals surface area contributed by atoms with Crippen molar-refractivity contribution in [1.29, 1.82) is 0 Å². The van der Waals surface area contributed by atoms with Gasteiger partial charge in [0.15, 0.2) is 0 Å². The summed E-state index contributed by atoms with van der Waals surface area (Å²) in [6.45, 7) is 0. The second-order valence-corrected chi connectivity index (χ2v) is 4.87. The molecule has 0 aromatic carbocycles. The Bertz CT molecular complexity index is 264. The van der Waals surface area contributed by atoms with E-state index in [1.165, 1.54) is 49.0 Å². The van der Waals surface area contributed by atoms with Crippen LogP contribution in [0.4, 0.5) is 0 Å². The van der Waals surface area contributed by atoms with Crippen LogP contribution in [0.1, 0.15) is 38.5 Å². The first-order chi connectivity index (χ1) is 6.86. The molecule has 0 N–H and O–H groups in total. The highest BCUT2D eigenvalue weighted by Crippen LogP contribution is 2.32. The maximum Gasteiger partial charge on any atom is -0.0109 e. The van der Waals surface area contributed by atoms with E-state index in [1.54, 1.807) is 0 Å². The molecule has 0 nitrogen and oxygen atoms in total. The van der Waals surface area contributed by atoms with Gasteiger partial charge in [-0.2, -0.15) is 0 Å². The number of hydrogen-bond acceptors (Lipinski definition) is 1. The highest BCUT2D eigenvalue weighted by molar-refractivity contribution is 7.84. The highest BCUT2D eigenvalue weighted by Gasteiger charge is 2.14. The highest BCUT2D eigenvalue weighted by atomic mass is 32.1. The minimum Gasteiger partial charge on any atom is -0.147 e. The van der Waals surface area contributed by atoms with Crippen LogP contribution in [-0.4, -0.2) is 0 Å². The van der Waals surface area contributed by atoms with E-state index >= 15 is 0 Å². The van der Waals surface area contributed by atoms with Crippen molar-refractivity contribution in [2.24, 2.45) is 5.92 Å². The van der Waals surface area contributed by atoms with Crippen LogP contribution in [0.2, 0.25) is 0 Å². The fourth-order valence-electron chi connectivity index (χ4n) is 2.35. The van der Waals surface area contributed by atoms with Crippen LogP contribution in [-0.2, 0) is 0 Å². The number of allylic oxidation sites excluding steroid dienone is 6. The Morgan fingerprint density at radius 2 is 1.79 bits per heavy atom. The van der Waals surface area contributed by atoms with Gasteiger partial charge >= 0.3 is 0 Å². The third-order valence-electron chi connectivity index (χ3n) is 3.20. The van der Waals surface area contributed by atoms with E-state index in [-0.39, 0.29) is 0 Å². The van der Waals surface area contributed by atoms with Gasteiger partial charge in [0.2, 0.25) is 0 Å². The number of rotatable bonds is 2.